The first-order valence-corrected chi connectivity index (χ1v) is 7.38. The summed E-state index contributed by atoms with van der Waals surface area (Å²) in [6.07, 6.45) is 3.87. The van der Waals surface area contributed by atoms with Crippen molar-refractivity contribution in [3.63, 3.8) is 0 Å². The molecule has 0 saturated heterocycles. The van der Waals surface area contributed by atoms with Gasteiger partial charge in [0.25, 0.3) is 5.69 Å². The first-order chi connectivity index (χ1) is 11.1. The smallest absolute Gasteiger partial charge is 0.269 e. The number of hydrogen-bond acceptors (Lipinski definition) is 3. The molecule has 0 aliphatic heterocycles. The molecule has 2 aromatic carbocycles. The minimum Gasteiger partial charge on any atom is -0.346 e. The van der Waals surface area contributed by atoms with Crippen molar-refractivity contribution in [3.05, 3.63) is 81.9 Å². The molecule has 0 heterocycles. The Morgan fingerprint density at radius 1 is 1.17 bits per heavy atom. The van der Waals surface area contributed by atoms with Gasteiger partial charge in [-0.1, -0.05) is 37.3 Å². The monoisotopic (exact) mass is 310 g/mol. The van der Waals surface area contributed by atoms with Crippen molar-refractivity contribution in [2.45, 2.75) is 19.4 Å². The minimum atomic E-state index is -0.452. The molecule has 0 aliphatic carbocycles. The fourth-order valence-corrected chi connectivity index (χ4v) is 2.21. The Morgan fingerprint density at radius 2 is 1.83 bits per heavy atom. The van der Waals surface area contributed by atoms with Crippen LogP contribution in [-0.4, -0.2) is 10.8 Å². The zero-order chi connectivity index (χ0) is 16.7. The predicted octanol–water partition coefficient (Wildman–Crippen LogP) is 3.88. The van der Waals surface area contributed by atoms with Gasteiger partial charge in [0, 0.05) is 18.2 Å². The largest absolute Gasteiger partial charge is 0.346 e. The molecule has 0 radical (unpaired) electrons. The van der Waals surface area contributed by atoms with Crippen molar-refractivity contribution < 1.29 is 9.72 Å². The third-order valence-electron chi connectivity index (χ3n) is 3.46. The van der Waals surface area contributed by atoms with Gasteiger partial charge in [0.2, 0.25) is 5.91 Å². The van der Waals surface area contributed by atoms with Gasteiger partial charge in [-0.2, -0.15) is 0 Å². The van der Waals surface area contributed by atoms with Crippen molar-refractivity contribution in [3.8, 4) is 0 Å². The number of amides is 1. The van der Waals surface area contributed by atoms with Crippen LogP contribution in [0.3, 0.4) is 0 Å². The standard InChI is InChI=1S/C18H18N2O3/c1-2-17(15-6-4-3-5-7-15)19-18(21)13-10-14-8-11-16(12-9-14)20(22)23/h3-13,17H,2H2,1H3,(H,19,21)/b13-10+/t17-/m0/s1. The molecular formula is C18H18N2O3. The van der Waals surface area contributed by atoms with E-state index in [2.05, 4.69) is 5.32 Å². The zero-order valence-corrected chi connectivity index (χ0v) is 12.8. The fourth-order valence-electron chi connectivity index (χ4n) is 2.21. The molecule has 118 valence electrons. The Labute approximate surface area is 134 Å². The highest BCUT2D eigenvalue weighted by atomic mass is 16.6. The number of carbonyl (C=O) groups is 1. The van der Waals surface area contributed by atoms with E-state index in [1.54, 1.807) is 18.2 Å². The Balaban J connectivity index is 1.99. The number of non-ortho nitro benzene ring substituents is 1. The van der Waals surface area contributed by atoms with E-state index in [-0.39, 0.29) is 17.6 Å². The van der Waals surface area contributed by atoms with Crippen LogP contribution >= 0.6 is 0 Å². The van der Waals surface area contributed by atoms with Gasteiger partial charge in [-0.15, -0.1) is 0 Å². The normalized spacial score (nSPS) is 12.0. The van der Waals surface area contributed by atoms with E-state index >= 15 is 0 Å². The molecule has 5 heteroatoms. The van der Waals surface area contributed by atoms with Crippen LogP contribution in [0.4, 0.5) is 5.69 Å². The first-order valence-electron chi connectivity index (χ1n) is 7.38. The van der Waals surface area contributed by atoms with E-state index in [0.29, 0.717) is 0 Å². The summed E-state index contributed by atoms with van der Waals surface area (Å²) in [6.45, 7) is 2.01. The average Bonchev–Trinajstić information content (AvgIpc) is 2.59. The molecule has 0 unspecified atom stereocenters. The summed E-state index contributed by atoms with van der Waals surface area (Å²) in [5.74, 6) is -0.195. The molecule has 5 nitrogen and oxygen atoms in total. The van der Waals surface area contributed by atoms with E-state index < -0.39 is 4.92 Å². The Morgan fingerprint density at radius 3 is 2.39 bits per heavy atom. The summed E-state index contributed by atoms with van der Waals surface area (Å²) in [5, 5.41) is 13.5. The van der Waals surface area contributed by atoms with Crippen LogP contribution < -0.4 is 5.32 Å². The molecule has 23 heavy (non-hydrogen) atoms. The molecule has 2 rings (SSSR count). The lowest BCUT2D eigenvalue weighted by atomic mass is 10.0. The SMILES string of the molecule is CC[C@H](NC(=O)/C=C/c1ccc([N+](=O)[O-])cc1)c1ccccc1. The Kier molecular flexibility index (Phi) is 5.63. The third-order valence-corrected chi connectivity index (χ3v) is 3.46. The summed E-state index contributed by atoms with van der Waals surface area (Å²) in [4.78, 5) is 22.2. The summed E-state index contributed by atoms with van der Waals surface area (Å²) in [6, 6.07) is 15.8. The maximum atomic E-state index is 12.0. The van der Waals surface area contributed by atoms with Crippen LogP contribution in [0.15, 0.2) is 60.7 Å². The number of carbonyl (C=O) groups excluding carboxylic acids is 1. The molecule has 1 N–H and O–H groups in total. The molecule has 2 aromatic rings. The van der Waals surface area contributed by atoms with Gasteiger partial charge in [-0.3, -0.25) is 14.9 Å². The van der Waals surface area contributed by atoms with E-state index in [1.165, 1.54) is 18.2 Å². The van der Waals surface area contributed by atoms with Crippen molar-refractivity contribution in [1.82, 2.24) is 5.32 Å². The van der Waals surface area contributed by atoms with Gasteiger partial charge in [0.05, 0.1) is 11.0 Å². The van der Waals surface area contributed by atoms with Crippen molar-refractivity contribution in [2.75, 3.05) is 0 Å². The molecule has 0 aliphatic rings. The molecule has 0 aromatic heterocycles. The summed E-state index contributed by atoms with van der Waals surface area (Å²) in [7, 11) is 0. The molecule has 0 fully saturated rings. The number of benzene rings is 2. The highest BCUT2D eigenvalue weighted by Gasteiger charge is 2.10. The second kappa shape index (κ2) is 7.89. The second-order valence-electron chi connectivity index (χ2n) is 5.06. The lowest BCUT2D eigenvalue weighted by Gasteiger charge is -2.16. The molecule has 1 atom stereocenters. The van der Waals surface area contributed by atoms with Gasteiger partial charge >= 0.3 is 0 Å². The molecule has 0 bridgehead atoms. The molecule has 1 amide bonds. The van der Waals surface area contributed by atoms with Crippen LogP contribution in [-0.2, 0) is 4.79 Å². The lowest BCUT2D eigenvalue weighted by Crippen LogP contribution is -2.26. The van der Waals surface area contributed by atoms with Crippen molar-refractivity contribution >= 4 is 17.7 Å². The van der Waals surface area contributed by atoms with E-state index in [1.807, 2.05) is 37.3 Å². The maximum Gasteiger partial charge on any atom is 0.269 e. The Bertz CT molecular complexity index is 694. The van der Waals surface area contributed by atoms with E-state index in [0.717, 1.165) is 17.5 Å². The second-order valence-corrected chi connectivity index (χ2v) is 5.06. The zero-order valence-electron chi connectivity index (χ0n) is 12.8. The van der Waals surface area contributed by atoms with Crippen LogP contribution in [0.25, 0.3) is 6.08 Å². The predicted molar refractivity (Wildman–Crippen MR) is 89.7 cm³/mol. The minimum absolute atomic E-state index is 0.0294. The third kappa shape index (κ3) is 4.78. The van der Waals surface area contributed by atoms with Gasteiger partial charge in [-0.05, 0) is 35.8 Å². The van der Waals surface area contributed by atoms with Gasteiger partial charge in [0.1, 0.15) is 0 Å². The number of nitrogens with zero attached hydrogens (tertiary/aromatic N) is 1. The van der Waals surface area contributed by atoms with Crippen LogP contribution in [0.1, 0.15) is 30.5 Å². The quantitative estimate of drug-likeness (QED) is 0.500. The molecule has 0 spiro atoms. The fraction of sp³-hybridized carbons (Fsp3) is 0.167. The van der Waals surface area contributed by atoms with Gasteiger partial charge in [-0.25, -0.2) is 0 Å². The number of hydrogen-bond donors (Lipinski definition) is 1. The van der Waals surface area contributed by atoms with E-state index in [9.17, 15) is 14.9 Å². The topological polar surface area (TPSA) is 72.2 Å². The van der Waals surface area contributed by atoms with Crippen LogP contribution in [0.5, 0.6) is 0 Å². The van der Waals surface area contributed by atoms with Gasteiger partial charge in [0.15, 0.2) is 0 Å². The van der Waals surface area contributed by atoms with Gasteiger partial charge < -0.3 is 5.32 Å². The summed E-state index contributed by atoms with van der Waals surface area (Å²) < 4.78 is 0. The Hall–Kier alpha value is -2.95. The molecular weight excluding hydrogens is 292 g/mol. The van der Waals surface area contributed by atoms with E-state index in [4.69, 9.17) is 0 Å². The van der Waals surface area contributed by atoms with Crippen molar-refractivity contribution in [1.29, 1.82) is 0 Å². The summed E-state index contributed by atoms with van der Waals surface area (Å²) in [5.41, 5.74) is 1.83. The highest BCUT2D eigenvalue weighted by molar-refractivity contribution is 5.92. The number of nitro groups is 1. The van der Waals surface area contributed by atoms with Crippen LogP contribution in [0, 0.1) is 10.1 Å². The number of nitrogens with one attached hydrogen (secondary N) is 1. The van der Waals surface area contributed by atoms with Crippen molar-refractivity contribution in [2.24, 2.45) is 0 Å². The molecule has 0 saturated carbocycles. The maximum absolute atomic E-state index is 12.0. The highest BCUT2D eigenvalue weighted by Crippen LogP contribution is 2.16. The number of rotatable bonds is 6. The average molecular weight is 310 g/mol. The number of nitro benzene ring substituents is 1. The van der Waals surface area contributed by atoms with Crippen LogP contribution in [0.2, 0.25) is 0 Å². The lowest BCUT2D eigenvalue weighted by molar-refractivity contribution is -0.384. The first kappa shape index (κ1) is 16.4. The summed E-state index contributed by atoms with van der Waals surface area (Å²) >= 11 is 0.